The number of carbonyl (C=O) groups is 2. The molecule has 0 saturated carbocycles. The van der Waals surface area contributed by atoms with Crippen LogP contribution in [0, 0.1) is 0 Å². The summed E-state index contributed by atoms with van der Waals surface area (Å²) in [5.74, 6) is 0.635. The molecule has 0 aromatic carbocycles. The molecule has 0 bridgehead atoms. The molecule has 3 N–H and O–H groups in total. The zero-order valence-corrected chi connectivity index (χ0v) is 17.3. The van der Waals surface area contributed by atoms with Crippen molar-refractivity contribution in [2.45, 2.75) is 51.6 Å². The summed E-state index contributed by atoms with van der Waals surface area (Å²) in [5, 5.41) is 3.27. The van der Waals surface area contributed by atoms with Gasteiger partial charge in [-0.25, -0.2) is 4.79 Å². The topological polar surface area (TPSA) is 124 Å². The highest BCUT2D eigenvalue weighted by Gasteiger charge is 2.40. The first-order chi connectivity index (χ1) is 13.3. The zero-order valence-electron chi connectivity index (χ0n) is 16.4. The third-order valence-corrected chi connectivity index (χ3v) is 5.59. The van der Waals surface area contributed by atoms with Gasteiger partial charge in [-0.05, 0) is 26.3 Å². The summed E-state index contributed by atoms with van der Waals surface area (Å²) in [4.78, 5) is 40.6. The number of carbonyl (C=O) groups excluding carboxylic acids is 2. The lowest BCUT2D eigenvalue weighted by atomic mass is 10.0. The Hall–Kier alpha value is -2.13. The molecule has 0 unspecified atom stereocenters. The molecule has 2 heterocycles. The first-order valence-corrected chi connectivity index (χ1v) is 10.3. The molecule has 0 fully saturated rings. The monoisotopic (exact) mass is 409 g/mol. The second kappa shape index (κ2) is 9.88. The molecule has 1 aromatic rings. The van der Waals surface area contributed by atoms with Crippen molar-refractivity contribution in [2.24, 2.45) is 10.7 Å². The van der Waals surface area contributed by atoms with Crippen LogP contribution >= 0.6 is 11.8 Å². The van der Waals surface area contributed by atoms with E-state index in [-0.39, 0.29) is 11.7 Å². The van der Waals surface area contributed by atoms with Gasteiger partial charge >= 0.3 is 5.63 Å². The molecule has 9 heteroatoms. The number of nitrogens with one attached hydrogen (secondary N) is 1. The van der Waals surface area contributed by atoms with Crippen LogP contribution < -0.4 is 21.4 Å². The second-order valence-corrected chi connectivity index (χ2v) is 7.82. The molecular formula is C19H27N3O5S. The van der Waals surface area contributed by atoms with E-state index in [1.807, 2.05) is 6.92 Å². The molecule has 1 aromatic heterocycles. The van der Waals surface area contributed by atoms with Crippen molar-refractivity contribution in [1.82, 2.24) is 5.32 Å². The van der Waals surface area contributed by atoms with Gasteiger partial charge < -0.3 is 20.2 Å². The number of nitrogens with zero attached hydrogens (tertiary/aromatic N) is 1. The zero-order chi connectivity index (χ0) is 20.7. The summed E-state index contributed by atoms with van der Waals surface area (Å²) in [6.45, 7) is 5.97. The fraction of sp³-hybridized carbons (Fsp3) is 0.579. The lowest BCUT2D eigenvalue weighted by molar-refractivity contribution is -0.125. The maximum Gasteiger partial charge on any atom is 0.339 e. The Bertz CT molecular complexity index is 807. The van der Waals surface area contributed by atoms with Crippen LogP contribution in [-0.2, 0) is 9.59 Å². The van der Waals surface area contributed by atoms with E-state index in [1.165, 1.54) is 24.8 Å². The van der Waals surface area contributed by atoms with Crippen molar-refractivity contribution in [3.05, 3.63) is 28.3 Å². The Labute approximate surface area is 168 Å². The van der Waals surface area contributed by atoms with Crippen LogP contribution in [0.15, 0.2) is 26.3 Å². The Morgan fingerprint density at radius 3 is 2.82 bits per heavy atom. The quantitative estimate of drug-likeness (QED) is 0.565. The van der Waals surface area contributed by atoms with Crippen LogP contribution in [0.2, 0.25) is 0 Å². The molecule has 0 aliphatic carbocycles. The minimum atomic E-state index is -1.03. The average molecular weight is 410 g/mol. The molecule has 1 aliphatic rings. The highest BCUT2D eigenvalue weighted by atomic mass is 32.2. The standard InChI is InChI=1S/C19H27N3O5S/c1-4-6-14(15-9-13(10-16(24)27-15)26-8-5-7-20)21-18(25)19(3)11-28-17(22-19)12(2)23/h9-10,14H,4-8,11,20H2,1-3H3,(H,21,25)/t14-,19+/m1/s1. The van der Waals surface area contributed by atoms with Crippen LogP contribution in [0.1, 0.15) is 51.8 Å². The molecule has 154 valence electrons. The minimum Gasteiger partial charge on any atom is -0.493 e. The summed E-state index contributed by atoms with van der Waals surface area (Å²) in [7, 11) is 0. The number of ether oxygens (including phenoxy) is 1. The van der Waals surface area contributed by atoms with Crippen molar-refractivity contribution in [3.8, 4) is 5.75 Å². The predicted molar refractivity (Wildman–Crippen MR) is 109 cm³/mol. The van der Waals surface area contributed by atoms with Gasteiger partial charge in [-0.2, -0.15) is 0 Å². The SMILES string of the molecule is CCC[C@@H](NC(=O)[C@]1(C)CSC(C(C)=O)=N1)c1cc(OCCCN)cc(=O)o1. The number of amides is 1. The fourth-order valence-corrected chi connectivity index (χ4v) is 3.77. The smallest absolute Gasteiger partial charge is 0.339 e. The van der Waals surface area contributed by atoms with E-state index >= 15 is 0 Å². The van der Waals surface area contributed by atoms with Crippen molar-refractivity contribution in [2.75, 3.05) is 18.9 Å². The highest BCUT2D eigenvalue weighted by molar-refractivity contribution is 8.16. The summed E-state index contributed by atoms with van der Waals surface area (Å²) in [6, 6.07) is 2.39. The van der Waals surface area contributed by atoms with Gasteiger partial charge in [0, 0.05) is 18.7 Å². The predicted octanol–water partition coefficient (Wildman–Crippen LogP) is 1.82. The molecule has 2 atom stereocenters. The lowest BCUT2D eigenvalue weighted by Gasteiger charge is -2.24. The third-order valence-electron chi connectivity index (χ3n) is 4.23. The first-order valence-electron chi connectivity index (χ1n) is 9.31. The average Bonchev–Trinajstić information content (AvgIpc) is 3.05. The van der Waals surface area contributed by atoms with Crippen molar-refractivity contribution < 1.29 is 18.7 Å². The Morgan fingerprint density at radius 2 is 2.21 bits per heavy atom. The van der Waals surface area contributed by atoms with Gasteiger partial charge in [0.05, 0.1) is 18.7 Å². The number of hydrogen-bond acceptors (Lipinski definition) is 8. The Kier molecular flexibility index (Phi) is 7.82. The number of thioether (sulfide) groups is 1. The van der Waals surface area contributed by atoms with Gasteiger partial charge in [0.2, 0.25) is 5.91 Å². The number of hydrogen-bond donors (Lipinski definition) is 2. The summed E-state index contributed by atoms with van der Waals surface area (Å²) < 4.78 is 10.9. The molecule has 0 radical (unpaired) electrons. The molecule has 2 rings (SSSR count). The molecule has 1 amide bonds. The van der Waals surface area contributed by atoms with Crippen LogP contribution in [0.25, 0.3) is 0 Å². The van der Waals surface area contributed by atoms with Gasteiger partial charge in [-0.3, -0.25) is 14.6 Å². The van der Waals surface area contributed by atoms with Crippen molar-refractivity contribution in [3.63, 3.8) is 0 Å². The largest absolute Gasteiger partial charge is 0.493 e. The molecule has 1 aliphatic heterocycles. The second-order valence-electron chi connectivity index (χ2n) is 6.86. The first kappa shape index (κ1) is 22.2. The van der Waals surface area contributed by atoms with Gasteiger partial charge in [-0.15, -0.1) is 11.8 Å². The number of aliphatic imine (C=N–C) groups is 1. The van der Waals surface area contributed by atoms with Gasteiger partial charge in [0.15, 0.2) is 5.78 Å². The minimum absolute atomic E-state index is 0.153. The molecule has 8 nitrogen and oxygen atoms in total. The Balaban J connectivity index is 2.20. The van der Waals surface area contributed by atoms with E-state index in [2.05, 4.69) is 10.3 Å². The van der Waals surface area contributed by atoms with E-state index in [1.54, 1.807) is 13.0 Å². The summed E-state index contributed by atoms with van der Waals surface area (Å²) in [5.41, 5.74) is 3.87. The van der Waals surface area contributed by atoms with E-state index in [9.17, 15) is 14.4 Å². The molecular weight excluding hydrogens is 382 g/mol. The number of rotatable bonds is 10. The van der Waals surface area contributed by atoms with Crippen LogP contribution in [-0.4, -0.2) is 41.2 Å². The summed E-state index contributed by atoms with van der Waals surface area (Å²) in [6.07, 6.45) is 2.00. The normalized spacial score (nSPS) is 19.8. The van der Waals surface area contributed by atoms with Crippen molar-refractivity contribution in [1.29, 1.82) is 0 Å². The highest BCUT2D eigenvalue weighted by Crippen LogP contribution is 2.30. The van der Waals surface area contributed by atoms with Gasteiger partial charge in [0.25, 0.3) is 0 Å². The van der Waals surface area contributed by atoms with E-state index in [0.29, 0.717) is 48.3 Å². The third kappa shape index (κ3) is 5.68. The number of ketones is 1. The van der Waals surface area contributed by atoms with E-state index < -0.39 is 17.2 Å². The maximum absolute atomic E-state index is 12.9. The van der Waals surface area contributed by atoms with E-state index in [4.69, 9.17) is 14.9 Å². The molecule has 0 saturated heterocycles. The van der Waals surface area contributed by atoms with Gasteiger partial charge in [-0.1, -0.05) is 13.3 Å². The lowest BCUT2D eigenvalue weighted by Crippen LogP contribution is -2.45. The Morgan fingerprint density at radius 1 is 1.46 bits per heavy atom. The number of nitrogens with two attached hydrogens (primary N) is 1. The molecule has 0 spiro atoms. The van der Waals surface area contributed by atoms with Crippen LogP contribution in [0.3, 0.4) is 0 Å². The fourth-order valence-electron chi connectivity index (χ4n) is 2.68. The van der Waals surface area contributed by atoms with Gasteiger partial charge in [0.1, 0.15) is 22.1 Å². The summed E-state index contributed by atoms with van der Waals surface area (Å²) >= 11 is 1.27. The van der Waals surface area contributed by atoms with Crippen molar-refractivity contribution >= 4 is 28.5 Å². The van der Waals surface area contributed by atoms with E-state index in [0.717, 1.165) is 6.42 Å². The maximum atomic E-state index is 12.9. The molecule has 28 heavy (non-hydrogen) atoms. The number of Topliss-reactive ketones (excluding diaryl/α,β-unsaturated/α-hetero) is 1. The van der Waals surface area contributed by atoms with Crippen LogP contribution in [0.4, 0.5) is 0 Å². The van der Waals surface area contributed by atoms with Crippen LogP contribution in [0.5, 0.6) is 5.75 Å².